The van der Waals surface area contributed by atoms with E-state index in [0.717, 1.165) is 185 Å². The number of likely N-dealkylation sites (N-methyl/N-ethyl adjacent to an activating group) is 4. The second-order valence-corrected chi connectivity index (χ2v) is 38.7. The van der Waals surface area contributed by atoms with Gasteiger partial charge in [-0.2, -0.15) is 0 Å². The van der Waals surface area contributed by atoms with Gasteiger partial charge in [0.05, 0.1) is 27.9 Å². The molecule has 2 amide bonds. The average Bonchev–Trinajstić information content (AvgIpc) is 1.41. The second kappa shape index (κ2) is 69.0. The number of amidine groups is 1. The number of nitrogens with one attached hydrogen (secondary N) is 3. The summed E-state index contributed by atoms with van der Waals surface area (Å²) in [4.78, 5) is 60.3. The molecule has 7 aliphatic rings. The summed E-state index contributed by atoms with van der Waals surface area (Å²) in [5.41, 5.74) is 29.6. The molecule has 2 aromatic heterocycles. The number of nitrogen functional groups attached to an aromatic ring is 1. The fourth-order valence-corrected chi connectivity index (χ4v) is 18.0. The minimum atomic E-state index is -0.508. The molecule has 0 radical (unpaired) electrons. The highest BCUT2D eigenvalue weighted by molar-refractivity contribution is 14.0. The molecule has 0 aliphatic carbocycles. The maximum absolute atomic E-state index is 12.3. The lowest BCUT2D eigenvalue weighted by Gasteiger charge is -2.32. The van der Waals surface area contributed by atoms with E-state index in [4.69, 9.17) is 61.5 Å². The van der Waals surface area contributed by atoms with Crippen molar-refractivity contribution in [3.8, 4) is 0 Å². The number of aliphatic hydroxyl groups excluding tert-OH is 1. The van der Waals surface area contributed by atoms with Crippen LogP contribution in [0, 0.1) is 5.41 Å². The number of thioether (sulfide) groups is 1. The van der Waals surface area contributed by atoms with Gasteiger partial charge in [-0.25, -0.2) is 4.99 Å². The van der Waals surface area contributed by atoms with Crippen LogP contribution in [-0.2, 0) is 57.6 Å². The third kappa shape index (κ3) is 44.5. The Morgan fingerprint density at radius 1 is 0.538 bits per heavy atom. The van der Waals surface area contributed by atoms with E-state index in [-0.39, 0.29) is 61.6 Å². The lowest BCUT2D eigenvalue weighted by molar-refractivity contribution is -0.119. The number of ether oxygens (including phenoxy) is 1. The highest BCUT2D eigenvalue weighted by Gasteiger charge is 2.26. The molecule has 8 N–H and O–H groups in total. The summed E-state index contributed by atoms with van der Waals surface area (Å²) in [6.45, 7) is 33.4. The average molecular weight is 2280 g/mol. The summed E-state index contributed by atoms with van der Waals surface area (Å²) in [6.07, 6.45) is 18.3. The van der Waals surface area contributed by atoms with Crippen LogP contribution in [0.2, 0.25) is 0 Å². The Bertz CT molecular complexity index is 4470. The third-order valence-corrected chi connectivity index (χ3v) is 27.2. The number of hydrogen-bond donors (Lipinski definition) is 6. The van der Waals surface area contributed by atoms with E-state index in [0.29, 0.717) is 17.4 Å². The molecular formula is C99H147Br4Cl3IN15O5S3. The monoisotopic (exact) mass is 2270 g/mol. The number of anilines is 7. The van der Waals surface area contributed by atoms with E-state index in [1.54, 1.807) is 34.5 Å². The number of hydrogen-bond acceptors (Lipinski definition) is 20. The molecule has 0 spiro atoms. The molecular weight excluding hydrogens is 2130 g/mol. The zero-order valence-electron chi connectivity index (χ0n) is 78.0. The fraction of sp³-hybridized carbons (Fsp3) is 0.505. The minimum Gasteiger partial charge on any atom is -0.399 e. The molecule has 1 saturated heterocycles. The Morgan fingerprint density at radius 3 is 1.32 bits per heavy atom. The summed E-state index contributed by atoms with van der Waals surface area (Å²) in [5, 5.41) is 25.4. The number of amides is 2. The normalized spacial score (nSPS) is 14.0. The number of carbonyl (C=O) groups excluding carboxylic acids is 3. The van der Waals surface area contributed by atoms with Crippen molar-refractivity contribution in [3.63, 3.8) is 0 Å². The van der Waals surface area contributed by atoms with Gasteiger partial charge in [-0.05, 0) is 348 Å². The zero-order chi connectivity index (χ0) is 93.7. The number of benzene rings is 6. The van der Waals surface area contributed by atoms with Crippen molar-refractivity contribution in [1.29, 1.82) is 5.41 Å². The van der Waals surface area contributed by atoms with Gasteiger partial charge in [0.15, 0.2) is 0 Å². The highest BCUT2D eigenvalue weighted by Crippen LogP contribution is 2.36. The quantitative estimate of drug-likeness (QED) is 0.00983. The van der Waals surface area contributed by atoms with Crippen LogP contribution in [0.25, 0.3) is 0 Å². The topological polar surface area (TPSA) is 222 Å². The fourth-order valence-electron chi connectivity index (χ4n) is 14.3. The van der Waals surface area contributed by atoms with E-state index in [2.05, 4.69) is 243 Å². The van der Waals surface area contributed by atoms with Crippen molar-refractivity contribution >= 4 is 230 Å². The van der Waals surface area contributed by atoms with Crippen molar-refractivity contribution < 1.29 is 24.2 Å². The van der Waals surface area contributed by atoms with E-state index in [1.807, 2.05) is 95.5 Å². The summed E-state index contributed by atoms with van der Waals surface area (Å²) in [6, 6.07) is 46.0. The minimum absolute atomic E-state index is 0. The van der Waals surface area contributed by atoms with Crippen LogP contribution in [0.3, 0.4) is 0 Å². The first-order chi connectivity index (χ1) is 61.7. The van der Waals surface area contributed by atoms with Crippen molar-refractivity contribution in [3.05, 3.63) is 205 Å². The van der Waals surface area contributed by atoms with Crippen LogP contribution < -0.4 is 46.6 Å². The van der Waals surface area contributed by atoms with Crippen LogP contribution >= 0.6 is 157 Å². The predicted molar refractivity (Wildman–Crippen MR) is 593 cm³/mol. The van der Waals surface area contributed by atoms with Crippen molar-refractivity contribution in [2.24, 2.45) is 10.7 Å². The molecule has 31 heteroatoms. The van der Waals surface area contributed by atoms with Crippen LogP contribution in [0.15, 0.2) is 167 Å². The molecule has 20 nitrogen and oxygen atoms in total. The number of alkyl halides is 2. The number of nitrogens with two attached hydrogens (primary N) is 2. The molecule has 8 aromatic rings. The number of nitrogens with zero attached hydrogens (tertiary/aromatic N) is 10. The Kier molecular flexibility index (Phi) is 63.2. The summed E-state index contributed by atoms with van der Waals surface area (Å²) >= 11 is 33.8. The number of aryl methyl sites for hydroxylation is 6. The van der Waals surface area contributed by atoms with Gasteiger partial charge in [-0.1, -0.05) is 118 Å². The summed E-state index contributed by atoms with van der Waals surface area (Å²) in [5.74, 6) is 0.738. The molecule has 0 bridgehead atoms. The maximum Gasteiger partial charge on any atom is 0.241 e. The van der Waals surface area contributed by atoms with Crippen LogP contribution in [0.1, 0.15) is 143 Å². The van der Waals surface area contributed by atoms with Crippen LogP contribution in [0.4, 0.5) is 45.5 Å². The first-order valence-electron chi connectivity index (χ1n) is 44.9. The molecule has 7 aliphatic heterocycles. The molecule has 0 unspecified atom stereocenters. The maximum atomic E-state index is 12.3. The number of aliphatic imine (C=N–C) groups is 1. The Labute approximate surface area is 857 Å². The molecule has 6 aromatic carbocycles. The van der Waals surface area contributed by atoms with Gasteiger partial charge in [0.25, 0.3) is 0 Å². The van der Waals surface area contributed by atoms with E-state index < -0.39 is 5.24 Å². The van der Waals surface area contributed by atoms with Gasteiger partial charge in [0, 0.05) is 156 Å². The second-order valence-electron chi connectivity index (χ2n) is 31.4. The lowest BCUT2D eigenvalue weighted by atomic mass is 10.0. The smallest absolute Gasteiger partial charge is 0.241 e. The largest absolute Gasteiger partial charge is 0.399 e. The van der Waals surface area contributed by atoms with Crippen LogP contribution in [0.5, 0.6) is 0 Å². The number of thiophene rings is 2. The first-order valence-corrected chi connectivity index (χ1v) is 52.5. The predicted octanol–water partition coefficient (Wildman–Crippen LogP) is 22.8. The van der Waals surface area contributed by atoms with E-state index in [9.17, 15) is 14.4 Å². The Morgan fingerprint density at radius 2 is 0.915 bits per heavy atom. The first kappa shape index (κ1) is 119. The lowest BCUT2D eigenvalue weighted by Crippen LogP contribution is -2.41. The number of aliphatic hydroxyl groups is 1. The van der Waals surface area contributed by atoms with Crippen molar-refractivity contribution in [2.45, 2.75) is 139 Å². The number of fused-ring (bicyclic) bond motifs is 6. The Balaban J connectivity index is 0.000000383. The summed E-state index contributed by atoms with van der Waals surface area (Å²) < 4.78 is 9.46. The van der Waals surface area contributed by atoms with Gasteiger partial charge in [-0.15, -0.1) is 81.6 Å². The van der Waals surface area contributed by atoms with Gasteiger partial charge in [0.2, 0.25) is 17.1 Å². The van der Waals surface area contributed by atoms with E-state index >= 15 is 0 Å². The molecule has 0 saturated carbocycles. The van der Waals surface area contributed by atoms with E-state index in [1.165, 1.54) is 148 Å². The SMILES string of the molecule is Brc1ccc2c(c1)CCCN2.C.C1CCOC1.CCN(C)CC(=O)N1CCCc2cc(Br)ccc21.CCN(C)CCN1CCCc2cc(Br)ccc21.CCN(C)CCN1CCCc2cc(N)ccc21.CCN(C)CCN1CCCc2cc(N=C(N)c3cccs3)ccc21.CCNC.CCO.CSC(=N)c1cccs1.I.O=C(CCl)N1CCCc2cc(Br)ccc21.O=C(Cl)CCl. The zero-order valence-corrected chi connectivity index (χ0v) is 91.4. The van der Waals surface area contributed by atoms with Crippen molar-refractivity contribution in [2.75, 3.05) is 226 Å². The molecule has 722 valence electrons. The molecule has 0 atom stereocenters. The number of carbonyl (C=O) groups is 3. The standard InChI is InChI=1S/C19H26N4S.C14H19BrN2O.C14H21BrN2.C14H23N3.C11H11BrClNO.C9H10BrN.C6H7NS2.C4H8O.C3H9N.C2H2Cl2O.C2H6O.CH4.HI/c1-3-22(2)11-12-23-10-4-6-15-14-16(8-9-17(15)23)21-19(20)18-7-5-13-24-18;1-3-16(2)10-14(18)17-8-4-5-11-9-12(15)6-7-13(11)17;2*1-3-16(2)9-10-17-8-4-5-12-11-13(15)6-7-14(12)17;12-9-3-4-10-8(6-9)2-1-5-14(10)11(15)7-13;10-8-3-4-9-7(6-8)2-1-5-11-9;1-8-6(7)5-3-2-4-9-5;1-2-4-5-3-1;1-3-4-2;3-1-2(4)5;1-2-3;;/h5,7-9,13-14H,3-4,6,10-12H2,1-2H3,(H2,20,21);6-7,9H,3-5,8,10H2,1-2H3;6-7,11H,3-5,8-10H2,1-2H3;6-7,11H,3-5,8-10,15H2,1-2H3;3-4,6H,1-2,5,7H2;3-4,6,11H,1-2,5H2;2-4,7H,1H3;1-4H2;4H,3H2,1-2H3;1H2;3H,2H2,1H3;1H4;1H. The highest BCUT2D eigenvalue weighted by atomic mass is 127. The molecule has 130 heavy (non-hydrogen) atoms. The molecule has 15 rings (SSSR count). The summed E-state index contributed by atoms with van der Waals surface area (Å²) in [7, 11) is 10.4. The van der Waals surface area contributed by atoms with Gasteiger partial charge in [-0.3, -0.25) is 24.7 Å². The van der Waals surface area contributed by atoms with Gasteiger partial charge >= 0.3 is 0 Å². The van der Waals surface area contributed by atoms with Gasteiger partial charge < -0.3 is 71.1 Å². The van der Waals surface area contributed by atoms with Crippen molar-refractivity contribution in [1.82, 2.24) is 24.9 Å². The van der Waals surface area contributed by atoms with Gasteiger partial charge in [0.1, 0.15) is 16.8 Å². The van der Waals surface area contributed by atoms with Crippen LogP contribution in [-0.4, -0.2) is 244 Å². The molecule has 1 fully saturated rings. The third-order valence-electron chi connectivity index (χ3n) is 22.0. The number of halogens is 8. The Hall–Kier alpha value is -4.94. The number of rotatable bonds is 21. The molecule has 9 heterocycles.